The van der Waals surface area contributed by atoms with Crippen LogP contribution in [0.1, 0.15) is 15.9 Å². The molecule has 10 heteroatoms. The first kappa shape index (κ1) is 18.5. The number of fused-ring (bicyclic) bond motifs is 1. The van der Waals surface area contributed by atoms with E-state index in [1.54, 1.807) is 0 Å². The summed E-state index contributed by atoms with van der Waals surface area (Å²) in [4.78, 5) is 23.6. The van der Waals surface area contributed by atoms with Crippen LogP contribution in [-0.4, -0.2) is 35.7 Å². The highest BCUT2D eigenvalue weighted by Gasteiger charge is 2.46. The van der Waals surface area contributed by atoms with Crippen molar-refractivity contribution >= 4 is 29.4 Å². The average molecular weight is 404 g/mol. The minimum atomic E-state index is -4.87. The fourth-order valence-electron chi connectivity index (χ4n) is 2.84. The van der Waals surface area contributed by atoms with Crippen molar-refractivity contribution in [1.82, 2.24) is 0 Å². The minimum absolute atomic E-state index is 0.00363. The highest BCUT2D eigenvalue weighted by atomic mass is 19.4. The van der Waals surface area contributed by atoms with Gasteiger partial charge in [0.2, 0.25) is 6.79 Å². The zero-order chi connectivity index (χ0) is 20.8. The van der Waals surface area contributed by atoms with Crippen molar-refractivity contribution in [3.63, 3.8) is 0 Å². The number of nitrogens with zero attached hydrogens (tertiary/aromatic N) is 2. The van der Waals surface area contributed by atoms with Gasteiger partial charge < -0.3 is 14.6 Å². The lowest BCUT2D eigenvalue weighted by Gasteiger charge is -2.11. The Morgan fingerprint density at radius 2 is 1.79 bits per heavy atom. The van der Waals surface area contributed by atoms with Crippen molar-refractivity contribution in [1.29, 1.82) is 0 Å². The number of halogens is 3. The molecule has 2 aliphatic rings. The van der Waals surface area contributed by atoms with Crippen LogP contribution in [0.4, 0.5) is 18.9 Å². The third-order valence-corrected chi connectivity index (χ3v) is 4.21. The summed E-state index contributed by atoms with van der Waals surface area (Å²) in [6.45, 7) is 0.00363. The van der Waals surface area contributed by atoms with E-state index in [4.69, 9.17) is 14.6 Å². The normalized spacial score (nSPS) is 17.1. The molecular formula is C19H11F3N2O5. The van der Waals surface area contributed by atoms with E-state index in [1.165, 1.54) is 42.5 Å². The predicted octanol–water partition coefficient (Wildman–Crippen LogP) is 3.46. The van der Waals surface area contributed by atoms with Crippen LogP contribution in [0.5, 0.6) is 11.5 Å². The largest absolute Gasteiger partial charge is 0.478 e. The standard InChI is InChI=1S/C19H11F3N2O5/c20-19(21,22)16-13(7-10-1-6-14-15(8-10)29-9-28-14)17(25)24(23-16)12-4-2-11(3-5-12)18(26)27/h1-8H,9H2,(H,26,27)/b13-7-. The Labute approximate surface area is 161 Å². The van der Waals surface area contributed by atoms with E-state index in [1.807, 2.05) is 0 Å². The molecule has 0 radical (unpaired) electrons. The van der Waals surface area contributed by atoms with Crippen molar-refractivity contribution in [3.8, 4) is 11.5 Å². The number of aromatic carboxylic acids is 1. The molecule has 0 aliphatic carbocycles. The molecule has 7 nitrogen and oxygen atoms in total. The number of hydrogen-bond donors (Lipinski definition) is 1. The van der Waals surface area contributed by atoms with E-state index >= 15 is 0 Å². The van der Waals surface area contributed by atoms with Crippen LogP contribution in [-0.2, 0) is 4.79 Å². The Hall–Kier alpha value is -3.82. The smallest absolute Gasteiger partial charge is 0.435 e. The molecule has 4 rings (SSSR count). The number of ether oxygens (including phenoxy) is 2. The maximum absolute atomic E-state index is 13.5. The molecule has 1 N–H and O–H groups in total. The van der Waals surface area contributed by atoms with Gasteiger partial charge in [-0.2, -0.15) is 23.3 Å². The van der Waals surface area contributed by atoms with Gasteiger partial charge in [0.1, 0.15) is 0 Å². The molecule has 0 bridgehead atoms. The zero-order valence-electron chi connectivity index (χ0n) is 14.4. The summed E-state index contributed by atoms with van der Waals surface area (Å²) in [5, 5.41) is 13.0. The van der Waals surface area contributed by atoms with Gasteiger partial charge in [0, 0.05) is 0 Å². The number of anilines is 1. The molecule has 2 aromatic carbocycles. The topological polar surface area (TPSA) is 88.4 Å². The van der Waals surface area contributed by atoms with Gasteiger partial charge in [-0.15, -0.1) is 0 Å². The highest BCUT2D eigenvalue weighted by molar-refractivity contribution is 6.34. The molecule has 2 aromatic rings. The van der Waals surface area contributed by atoms with E-state index in [9.17, 15) is 22.8 Å². The van der Waals surface area contributed by atoms with Gasteiger partial charge in [0.15, 0.2) is 17.2 Å². The molecule has 0 aromatic heterocycles. The lowest BCUT2D eigenvalue weighted by molar-refractivity contribution is -0.114. The van der Waals surface area contributed by atoms with E-state index < -0.39 is 29.3 Å². The van der Waals surface area contributed by atoms with Crippen LogP contribution in [0.25, 0.3) is 6.08 Å². The molecule has 1 amide bonds. The van der Waals surface area contributed by atoms with Gasteiger partial charge in [-0.3, -0.25) is 4.79 Å². The number of carbonyl (C=O) groups is 2. The number of carbonyl (C=O) groups excluding carboxylic acids is 1. The number of hydrazone groups is 1. The fraction of sp³-hybridized carbons (Fsp3) is 0.105. The van der Waals surface area contributed by atoms with E-state index in [-0.39, 0.29) is 18.0 Å². The summed E-state index contributed by atoms with van der Waals surface area (Å²) < 4.78 is 50.8. The third-order valence-electron chi connectivity index (χ3n) is 4.21. The predicted molar refractivity (Wildman–Crippen MR) is 94.9 cm³/mol. The summed E-state index contributed by atoms with van der Waals surface area (Å²) in [6, 6.07) is 9.25. The first-order valence-corrected chi connectivity index (χ1v) is 8.19. The second-order valence-corrected chi connectivity index (χ2v) is 6.09. The van der Waals surface area contributed by atoms with Crippen molar-refractivity contribution in [2.75, 3.05) is 11.8 Å². The Bertz CT molecular complexity index is 1070. The first-order valence-electron chi connectivity index (χ1n) is 8.19. The van der Waals surface area contributed by atoms with Crippen LogP contribution >= 0.6 is 0 Å². The van der Waals surface area contributed by atoms with Crippen molar-refractivity contribution in [2.24, 2.45) is 5.10 Å². The van der Waals surface area contributed by atoms with Gasteiger partial charge in [-0.1, -0.05) is 6.07 Å². The maximum atomic E-state index is 13.5. The van der Waals surface area contributed by atoms with E-state index in [0.29, 0.717) is 22.1 Å². The monoisotopic (exact) mass is 404 g/mol. The molecule has 0 saturated carbocycles. The second kappa shape index (κ2) is 6.66. The van der Waals surface area contributed by atoms with Crippen molar-refractivity contribution in [3.05, 3.63) is 59.2 Å². The molecule has 0 atom stereocenters. The molecule has 2 aliphatic heterocycles. The lowest BCUT2D eigenvalue weighted by atomic mass is 10.1. The maximum Gasteiger partial charge on any atom is 0.435 e. The van der Waals surface area contributed by atoms with Crippen LogP contribution in [0.3, 0.4) is 0 Å². The number of benzene rings is 2. The number of hydrogen-bond acceptors (Lipinski definition) is 5. The summed E-state index contributed by atoms with van der Waals surface area (Å²) in [7, 11) is 0. The van der Waals surface area contributed by atoms with Crippen molar-refractivity contribution in [2.45, 2.75) is 6.18 Å². The molecule has 0 unspecified atom stereocenters. The van der Waals surface area contributed by atoms with Crippen molar-refractivity contribution < 1.29 is 37.3 Å². The average Bonchev–Trinajstić information content (AvgIpc) is 3.26. The third kappa shape index (κ3) is 3.40. The zero-order valence-corrected chi connectivity index (χ0v) is 14.4. The summed E-state index contributed by atoms with van der Waals surface area (Å²) in [5.41, 5.74) is -1.74. The van der Waals surface area contributed by atoms with E-state index in [2.05, 4.69) is 5.10 Å². The lowest BCUT2D eigenvalue weighted by Crippen LogP contribution is -2.25. The molecule has 2 heterocycles. The molecule has 0 spiro atoms. The summed E-state index contributed by atoms with van der Waals surface area (Å²) in [5.74, 6) is -1.38. The molecule has 0 saturated heterocycles. The number of rotatable bonds is 3. The molecular weight excluding hydrogens is 393 g/mol. The second-order valence-electron chi connectivity index (χ2n) is 6.09. The Morgan fingerprint density at radius 3 is 2.45 bits per heavy atom. The fourth-order valence-corrected chi connectivity index (χ4v) is 2.84. The van der Waals surface area contributed by atoms with Gasteiger partial charge in [-0.05, 0) is 48.0 Å². The number of alkyl halides is 3. The van der Waals surface area contributed by atoms with Gasteiger partial charge >= 0.3 is 12.1 Å². The van der Waals surface area contributed by atoms with Crippen LogP contribution in [0, 0.1) is 0 Å². The number of amides is 1. The van der Waals surface area contributed by atoms with Gasteiger partial charge in [0.05, 0.1) is 16.8 Å². The van der Waals surface area contributed by atoms with Crippen LogP contribution in [0.15, 0.2) is 53.1 Å². The Kier molecular flexibility index (Phi) is 4.26. The summed E-state index contributed by atoms with van der Waals surface area (Å²) in [6.07, 6.45) is -3.80. The minimum Gasteiger partial charge on any atom is -0.478 e. The summed E-state index contributed by atoms with van der Waals surface area (Å²) >= 11 is 0. The van der Waals surface area contributed by atoms with Gasteiger partial charge in [0.25, 0.3) is 5.91 Å². The molecule has 148 valence electrons. The SMILES string of the molecule is O=C(O)c1ccc(N2N=C(C(F)(F)F)/C(=C/c3ccc4c(c3)OCO4)C2=O)cc1. The Morgan fingerprint density at radius 1 is 1.10 bits per heavy atom. The highest BCUT2D eigenvalue weighted by Crippen LogP contribution is 2.36. The first-order chi connectivity index (χ1) is 13.7. The van der Waals surface area contributed by atoms with Crippen LogP contribution < -0.4 is 14.5 Å². The quantitative estimate of drug-likeness (QED) is 0.792. The Balaban J connectivity index is 1.73. The number of carboxylic acid groups (broad SMARTS) is 1. The number of carboxylic acids is 1. The van der Waals surface area contributed by atoms with E-state index in [0.717, 1.165) is 6.08 Å². The molecule has 0 fully saturated rings. The van der Waals surface area contributed by atoms with Gasteiger partial charge in [-0.25, -0.2) is 4.79 Å². The molecule has 29 heavy (non-hydrogen) atoms. The van der Waals surface area contributed by atoms with Crippen LogP contribution in [0.2, 0.25) is 0 Å².